The summed E-state index contributed by atoms with van der Waals surface area (Å²) in [6.07, 6.45) is 0.200. The van der Waals surface area contributed by atoms with Gasteiger partial charge < -0.3 is 15.8 Å². The number of hydrogen-bond acceptors (Lipinski definition) is 4. The van der Waals surface area contributed by atoms with Crippen molar-refractivity contribution in [2.45, 2.75) is 6.42 Å². The van der Waals surface area contributed by atoms with E-state index < -0.39 is 5.97 Å². The molecular formula is C16H16N2O3. The highest BCUT2D eigenvalue weighted by atomic mass is 16.5. The highest BCUT2D eigenvalue weighted by Crippen LogP contribution is 2.14. The fourth-order valence-corrected chi connectivity index (χ4v) is 1.88. The van der Waals surface area contributed by atoms with Gasteiger partial charge in [0.25, 0.3) is 0 Å². The average molecular weight is 284 g/mol. The maximum atomic E-state index is 12.0. The number of carbonyl (C=O) groups excluding carboxylic acids is 2. The number of anilines is 2. The minimum atomic E-state index is -0.412. The fraction of sp³-hybridized carbons (Fsp3) is 0.125. The molecule has 0 radical (unpaired) electrons. The quantitative estimate of drug-likeness (QED) is 0.666. The topological polar surface area (TPSA) is 81.4 Å². The van der Waals surface area contributed by atoms with E-state index in [1.165, 1.54) is 7.11 Å². The van der Waals surface area contributed by atoms with Crippen LogP contribution in [0.3, 0.4) is 0 Å². The summed E-state index contributed by atoms with van der Waals surface area (Å²) in [6.45, 7) is 0. The Morgan fingerprint density at radius 3 is 2.38 bits per heavy atom. The predicted octanol–water partition coefficient (Wildman–Crippen LogP) is 2.24. The van der Waals surface area contributed by atoms with Crippen LogP contribution < -0.4 is 11.1 Å². The Morgan fingerprint density at radius 2 is 1.76 bits per heavy atom. The van der Waals surface area contributed by atoms with E-state index >= 15 is 0 Å². The molecule has 0 saturated carbocycles. The summed E-state index contributed by atoms with van der Waals surface area (Å²) in [7, 11) is 1.32. The second-order valence-electron chi connectivity index (χ2n) is 4.49. The Morgan fingerprint density at radius 1 is 1.10 bits per heavy atom. The summed E-state index contributed by atoms with van der Waals surface area (Å²) in [5.74, 6) is -0.580. The molecule has 0 spiro atoms. The lowest BCUT2D eigenvalue weighted by Crippen LogP contribution is -2.15. The molecule has 108 valence electrons. The standard InChI is InChI=1S/C16H16N2O3/c1-21-16(20)11-6-8-13(9-7-11)18-15(19)10-12-4-2-3-5-14(12)17/h2-9H,10,17H2,1H3,(H,18,19). The Labute approximate surface area is 122 Å². The van der Waals surface area contributed by atoms with Crippen molar-refractivity contribution in [2.75, 3.05) is 18.2 Å². The minimum Gasteiger partial charge on any atom is -0.465 e. The van der Waals surface area contributed by atoms with Crippen molar-refractivity contribution in [3.8, 4) is 0 Å². The summed E-state index contributed by atoms with van der Waals surface area (Å²) < 4.78 is 4.61. The number of ether oxygens (including phenoxy) is 1. The molecule has 5 heteroatoms. The zero-order valence-corrected chi connectivity index (χ0v) is 11.6. The maximum Gasteiger partial charge on any atom is 0.337 e. The predicted molar refractivity (Wildman–Crippen MR) is 81.0 cm³/mol. The van der Waals surface area contributed by atoms with Crippen molar-refractivity contribution >= 4 is 23.3 Å². The smallest absolute Gasteiger partial charge is 0.337 e. The molecule has 0 aliphatic heterocycles. The van der Waals surface area contributed by atoms with Gasteiger partial charge in [0, 0.05) is 11.4 Å². The Bertz CT molecular complexity index is 651. The lowest BCUT2D eigenvalue weighted by atomic mass is 10.1. The van der Waals surface area contributed by atoms with Gasteiger partial charge in [-0.1, -0.05) is 18.2 Å². The molecule has 2 aromatic carbocycles. The van der Waals surface area contributed by atoms with Gasteiger partial charge in [-0.3, -0.25) is 4.79 Å². The van der Waals surface area contributed by atoms with Gasteiger partial charge in [-0.2, -0.15) is 0 Å². The Kier molecular flexibility index (Phi) is 4.56. The van der Waals surface area contributed by atoms with Gasteiger partial charge in [-0.25, -0.2) is 4.79 Å². The first-order valence-electron chi connectivity index (χ1n) is 6.42. The van der Waals surface area contributed by atoms with Crippen molar-refractivity contribution in [3.63, 3.8) is 0 Å². The van der Waals surface area contributed by atoms with Crippen molar-refractivity contribution in [3.05, 3.63) is 59.7 Å². The lowest BCUT2D eigenvalue weighted by molar-refractivity contribution is -0.115. The number of esters is 1. The van der Waals surface area contributed by atoms with E-state index in [9.17, 15) is 9.59 Å². The average Bonchev–Trinajstić information content (AvgIpc) is 2.49. The highest BCUT2D eigenvalue weighted by molar-refractivity contribution is 5.94. The second-order valence-corrected chi connectivity index (χ2v) is 4.49. The van der Waals surface area contributed by atoms with Gasteiger partial charge in [0.1, 0.15) is 0 Å². The number of amides is 1. The summed E-state index contributed by atoms with van der Waals surface area (Å²) in [4.78, 5) is 23.3. The number of benzene rings is 2. The van der Waals surface area contributed by atoms with E-state index in [-0.39, 0.29) is 12.3 Å². The number of carbonyl (C=O) groups is 2. The lowest BCUT2D eigenvalue weighted by Gasteiger charge is -2.07. The third-order valence-electron chi connectivity index (χ3n) is 3.00. The van der Waals surface area contributed by atoms with Gasteiger partial charge in [-0.15, -0.1) is 0 Å². The van der Waals surface area contributed by atoms with E-state index in [0.29, 0.717) is 16.9 Å². The third kappa shape index (κ3) is 3.82. The molecule has 0 unspecified atom stereocenters. The second kappa shape index (κ2) is 6.56. The van der Waals surface area contributed by atoms with Crippen LogP contribution in [-0.4, -0.2) is 19.0 Å². The number of rotatable bonds is 4. The molecule has 0 bridgehead atoms. The summed E-state index contributed by atoms with van der Waals surface area (Å²) in [6, 6.07) is 13.7. The molecule has 0 aliphatic rings. The molecule has 2 aromatic rings. The molecule has 1 amide bonds. The first-order chi connectivity index (χ1) is 10.1. The number of nitrogen functional groups attached to an aromatic ring is 1. The monoisotopic (exact) mass is 284 g/mol. The fourth-order valence-electron chi connectivity index (χ4n) is 1.88. The molecule has 0 fully saturated rings. The number of methoxy groups -OCH3 is 1. The van der Waals surface area contributed by atoms with E-state index in [0.717, 1.165) is 5.56 Å². The number of hydrogen-bond donors (Lipinski definition) is 2. The molecule has 2 rings (SSSR count). The SMILES string of the molecule is COC(=O)c1ccc(NC(=O)Cc2ccccc2N)cc1. The van der Waals surface area contributed by atoms with Crippen molar-refractivity contribution in [1.82, 2.24) is 0 Å². The highest BCUT2D eigenvalue weighted by Gasteiger charge is 2.08. The zero-order valence-electron chi connectivity index (χ0n) is 11.6. The van der Waals surface area contributed by atoms with Gasteiger partial charge in [0.15, 0.2) is 0 Å². The normalized spacial score (nSPS) is 9.95. The largest absolute Gasteiger partial charge is 0.465 e. The van der Waals surface area contributed by atoms with Crippen LogP contribution in [0.5, 0.6) is 0 Å². The van der Waals surface area contributed by atoms with E-state index in [2.05, 4.69) is 10.1 Å². The van der Waals surface area contributed by atoms with Crippen LogP contribution in [-0.2, 0) is 16.0 Å². The van der Waals surface area contributed by atoms with E-state index in [1.807, 2.05) is 18.2 Å². The summed E-state index contributed by atoms with van der Waals surface area (Å²) in [5.41, 5.74) is 8.22. The number of para-hydroxylation sites is 1. The molecule has 0 atom stereocenters. The molecule has 21 heavy (non-hydrogen) atoms. The van der Waals surface area contributed by atoms with Crippen LogP contribution in [0, 0.1) is 0 Å². The minimum absolute atomic E-state index is 0.168. The van der Waals surface area contributed by atoms with Crippen LogP contribution in [0.1, 0.15) is 15.9 Å². The van der Waals surface area contributed by atoms with Crippen molar-refractivity contribution in [1.29, 1.82) is 0 Å². The Balaban J connectivity index is 2.00. The van der Waals surface area contributed by atoms with Gasteiger partial charge in [0.05, 0.1) is 19.1 Å². The maximum absolute atomic E-state index is 12.0. The molecule has 0 aliphatic carbocycles. The van der Waals surface area contributed by atoms with Crippen LogP contribution in [0.4, 0.5) is 11.4 Å². The van der Waals surface area contributed by atoms with E-state index in [4.69, 9.17) is 5.73 Å². The number of nitrogens with one attached hydrogen (secondary N) is 1. The number of nitrogens with two attached hydrogens (primary N) is 1. The van der Waals surface area contributed by atoms with Crippen LogP contribution in [0.2, 0.25) is 0 Å². The summed E-state index contributed by atoms with van der Waals surface area (Å²) in [5, 5.41) is 2.76. The van der Waals surface area contributed by atoms with Gasteiger partial charge >= 0.3 is 5.97 Å². The molecule has 3 N–H and O–H groups in total. The van der Waals surface area contributed by atoms with E-state index in [1.54, 1.807) is 30.3 Å². The van der Waals surface area contributed by atoms with Gasteiger partial charge in [-0.05, 0) is 35.9 Å². The van der Waals surface area contributed by atoms with Crippen LogP contribution in [0.25, 0.3) is 0 Å². The molecule has 0 aromatic heterocycles. The molecular weight excluding hydrogens is 268 g/mol. The molecule has 5 nitrogen and oxygen atoms in total. The summed E-state index contributed by atoms with van der Waals surface area (Å²) >= 11 is 0. The van der Waals surface area contributed by atoms with Crippen LogP contribution >= 0.6 is 0 Å². The molecule has 0 saturated heterocycles. The zero-order chi connectivity index (χ0) is 15.2. The molecule has 0 heterocycles. The van der Waals surface area contributed by atoms with Crippen molar-refractivity contribution in [2.24, 2.45) is 0 Å². The Hall–Kier alpha value is -2.82. The first kappa shape index (κ1) is 14.6. The third-order valence-corrected chi connectivity index (χ3v) is 3.00. The van der Waals surface area contributed by atoms with Crippen molar-refractivity contribution < 1.29 is 14.3 Å². The first-order valence-corrected chi connectivity index (χ1v) is 6.42. The van der Waals surface area contributed by atoms with Gasteiger partial charge in [0.2, 0.25) is 5.91 Å². The van der Waals surface area contributed by atoms with Crippen LogP contribution in [0.15, 0.2) is 48.5 Å².